The minimum Gasteiger partial charge on any atom is -0.493 e. The Bertz CT molecular complexity index is 586. The first kappa shape index (κ1) is 22.3. The van der Waals surface area contributed by atoms with Gasteiger partial charge in [0.2, 0.25) is 0 Å². The van der Waals surface area contributed by atoms with Crippen molar-refractivity contribution in [2.24, 2.45) is 4.99 Å². The molecule has 1 fully saturated rings. The zero-order valence-corrected chi connectivity index (χ0v) is 17.8. The van der Waals surface area contributed by atoms with Crippen LogP contribution in [0.3, 0.4) is 0 Å². The van der Waals surface area contributed by atoms with Gasteiger partial charge in [-0.1, -0.05) is 6.07 Å². The fourth-order valence-corrected chi connectivity index (χ4v) is 3.29. The molecule has 1 aliphatic rings. The van der Waals surface area contributed by atoms with Gasteiger partial charge in [-0.15, -0.1) is 0 Å². The van der Waals surface area contributed by atoms with Crippen LogP contribution >= 0.6 is 0 Å². The molecule has 0 bridgehead atoms. The Hall–Kier alpha value is -1.95. The smallest absolute Gasteiger partial charge is 0.191 e. The van der Waals surface area contributed by atoms with Crippen molar-refractivity contribution in [2.75, 3.05) is 33.4 Å². The van der Waals surface area contributed by atoms with Crippen LogP contribution in [0.5, 0.6) is 11.5 Å². The summed E-state index contributed by atoms with van der Waals surface area (Å²) in [7, 11) is 1.69. The van der Waals surface area contributed by atoms with Crippen molar-refractivity contribution in [3.8, 4) is 11.5 Å². The number of aliphatic imine (C=N–C) groups is 1. The molecule has 0 aliphatic heterocycles. The Morgan fingerprint density at radius 2 is 1.93 bits per heavy atom. The summed E-state index contributed by atoms with van der Waals surface area (Å²) >= 11 is 0. The second-order valence-electron chi connectivity index (χ2n) is 7.04. The van der Waals surface area contributed by atoms with E-state index in [0.717, 1.165) is 75.0 Å². The first-order valence-corrected chi connectivity index (χ1v) is 10.7. The molecule has 2 N–H and O–H groups in total. The molecule has 28 heavy (non-hydrogen) atoms. The van der Waals surface area contributed by atoms with Crippen molar-refractivity contribution in [1.29, 1.82) is 0 Å². The van der Waals surface area contributed by atoms with Crippen LogP contribution in [0.4, 0.5) is 0 Å². The van der Waals surface area contributed by atoms with E-state index in [1.54, 1.807) is 7.11 Å². The third-order valence-corrected chi connectivity index (χ3v) is 4.80. The van der Waals surface area contributed by atoms with Crippen molar-refractivity contribution in [2.45, 2.75) is 65.0 Å². The van der Waals surface area contributed by atoms with Crippen molar-refractivity contribution in [3.63, 3.8) is 0 Å². The Morgan fingerprint density at radius 1 is 1.11 bits per heavy atom. The molecule has 158 valence electrons. The fourth-order valence-electron chi connectivity index (χ4n) is 3.29. The number of nitrogens with one attached hydrogen (secondary N) is 2. The van der Waals surface area contributed by atoms with Gasteiger partial charge in [0, 0.05) is 26.3 Å². The zero-order valence-electron chi connectivity index (χ0n) is 17.8. The predicted octanol–water partition coefficient (Wildman–Crippen LogP) is 3.89. The summed E-state index contributed by atoms with van der Waals surface area (Å²) in [6, 6.07) is 6.09. The number of ether oxygens (including phenoxy) is 3. The van der Waals surface area contributed by atoms with Crippen LogP contribution in [0.2, 0.25) is 0 Å². The van der Waals surface area contributed by atoms with Gasteiger partial charge >= 0.3 is 0 Å². The van der Waals surface area contributed by atoms with Gasteiger partial charge in [-0.2, -0.15) is 0 Å². The lowest BCUT2D eigenvalue weighted by Gasteiger charge is -2.17. The van der Waals surface area contributed by atoms with Gasteiger partial charge in [0.05, 0.1) is 19.8 Å². The molecule has 0 heterocycles. The minimum atomic E-state index is 0.309. The fraction of sp³-hybridized carbons (Fsp3) is 0.682. The summed E-state index contributed by atoms with van der Waals surface area (Å²) in [5.74, 6) is 2.46. The highest BCUT2D eigenvalue weighted by Crippen LogP contribution is 2.32. The molecule has 1 saturated carbocycles. The maximum absolute atomic E-state index is 6.19. The van der Waals surface area contributed by atoms with Gasteiger partial charge in [-0.05, 0) is 70.1 Å². The lowest BCUT2D eigenvalue weighted by atomic mass is 10.2. The Morgan fingerprint density at radius 3 is 2.64 bits per heavy atom. The number of methoxy groups -OCH3 is 1. The first-order valence-electron chi connectivity index (χ1n) is 10.7. The van der Waals surface area contributed by atoms with Gasteiger partial charge in [-0.3, -0.25) is 0 Å². The molecular formula is C22H37N3O3. The number of hydrogen-bond donors (Lipinski definition) is 2. The molecule has 1 aromatic carbocycles. The molecule has 0 saturated heterocycles. The number of rotatable bonds is 12. The number of benzene rings is 1. The Labute approximate surface area is 170 Å². The van der Waals surface area contributed by atoms with Gasteiger partial charge in [0.1, 0.15) is 0 Å². The molecule has 0 spiro atoms. The van der Waals surface area contributed by atoms with E-state index in [1.165, 1.54) is 12.8 Å². The van der Waals surface area contributed by atoms with E-state index in [4.69, 9.17) is 19.2 Å². The molecule has 6 heteroatoms. The quantitative estimate of drug-likeness (QED) is 0.321. The summed E-state index contributed by atoms with van der Waals surface area (Å²) in [5, 5.41) is 6.69. The van der Waals surface area contributed by atoms with E-state index in [2.05, 4.69) is 29.7 Å². The number of nitrogens with zero attached hydrogens (tertiary/aromatic N) is 1. The molecular weight excluding hydrogens is 354 g/mol. The highest BCUT2D eigenvalue weighted by Gasteiger charge is 2.18. The molecule has 0 radical (unpaired) electrons. The summed E-state index contributed by atoms with van der Waals surface area (Å²) in [6.07, 6.45) is 7.18. The van der Waals surface area contributed by atoms with Crippen LogP contribution < -0.4 is 20.1 Å². The van der Waals surface area contributed by atoms with Gasteiger partial charge < -0.3 is 24.8 Å². The average Bonchev–Trinajstić information content (AvgIpc) is 3.22. The minimum absolute atomic E-state index is 0.309. The summed E-state index contributed by atoms with van der Waals surface area (Å²) in [4.78, 5) is 4.71. The second-order valence-corrected chi connectivity index (χ2v) is 7.04. The number of hydrogen-bond acceptors (Lipinski definition) is 4. The normalized spacial score (nSPS) is 14.9. The SMILES string of the molecule is CCNC(=NCc1ccc(OC)c(OC2CCCC2)c1)NCCCCOCC. The largest absolute Gasteiger partial charge is 0.493 e. The van der Waals surface area contributed by atoms with Crippen molar-refractivity contribution in [1.82, 2.24) is 10.6 Å². The Balaban J connectivity index is 1.90. The zero-order chi connectivity index (χ0) is 20.0. The second kappa shape index (κ2) is 13.3. The van der Waals surface area contributed by atoms with E-state index in [9.17, 15) is 0 Å². The maximum Gasteiger partial charge on any atom is 0.191 e. The molecule has 0 unspecified atom stereocenters. The molecule has 0 atom stereocenters. The standard InChI is InChI=1S/C22H37N3O3/c1-4-23-22(24-14-8-9-15-27-5-2)25-17-18-12-13-20(26-3)21(16-18)28-19-10-6-7-11-19/h12-13,16,19H,4-11,14-15,17H2,1-3H3,(H2,23,24,25). The lowest BCUT2D eigenvalue weighted by molar-refractivity contribution is 0.143. The van der Waals surface area contributed by atoms with E-state index < -0.39 is 0 Å². The van der Waals surface area contributed by atoms with Crippen molar-refractivity contribution in [3.05, 3.63) is 23.8 Å². The summed E-state index contributed by atoms with van der Waals surface area (Å²) < 4.78 is 17.0. The summed E-state index contributed by atoms with van der Waals surface area (Å²) in [5.41, 5.74) is 1.11. The number of unbranched alkanes of at least 4 members (excludes halogenated alkanes) is 1. The highest BCUT2D eigenvalue weighted by molar-refractivity contribution is 5.79. The van der Waals surface area contributed by atoms with Gasteiger partial charge in [-0.25, -0.2) is 4.99 Å². The molecule has 6 nitrogen and oxygen atoms in total. The van der Waals surface area contributed by atoms with Crippen LogP contribution in [-0.4, -0.2) is 45.5 Å². The molecule has 0 amide bonds. The van der Waals surface area contributed by atoms with Gasteiger partial charge in [0.15, 0.2) is 17.5 Å². The van der Waals surface area contributed by atoms with E-state index in [1.807, 2.05) is 13.0 Å². The van der Waals surface area contributed by atoms with Crippen molar-refractivity contribution < 1.29 is 14.2 Å². The van der Waals surface area contributed by atoms with E-state index in [0.29, 0.717) is 12.6 Å². The molecule has 0 aromatic heterocycles. The topological polar surface area (TPSA) is 64.1 Å². The van der Waals surface area contributed by atoms with Crippen molar-refractivity contribution >= 4 is 5.96 Å². The van der Waals surface area contributed by atoms with Crippen LogP contribution in [0.25, 0.3) is 0 Å². The summed E-state index contributed by atoms with van der Waals surface area (Å²) in [6.45, 7) is 8.03. The van der Waals surface area contributed by atoms with Crippen LogP contribution in [-0.2, 0) is 11.3 Å². The van der Waals surface area contributed by atoms with Gasteiger partial charge in [0.25, 0.3) is 0 Å². The van der Waals surface area contributed by atoms with E-state index in [-0.39, 0.29) is 0 Å². The van der Waals surface area contributed by atoms with E-state index >= 15 is 0 Å². The first-order chi connectivity index (χ1) is 13.8. The average molecular weight is 392 g/mol. The van der Waals surface area contributed by atoms with Crippen LogP contribution in [0.1, 0.15) is 57.9 Å². The van der Waals surface area contributed by atoms with Crippen LogP contribution in [0.15, 0.2) is 23.2 Å². The molecule has 1 aliphatic carbocycles. The molecule has 2 rings (SSSR count). The monoisotopic (exact) mass is 391 g/mol. The lowest BCUT2D eigenvalue weighted by Crippen LogP contribution is -2.37. The third kappa shape index (κ3) is 7.97. The Kier molecular flexibility index (Phi) is 10.6. The molecule has 1 aromatic rings. The van der Waals surface area contributed by atoms with Crippen LogP contribution in [0, 0.1) is 0 Å². The highest BCUT2D eigenvalue weighted by atomic mass is 16.5. The predicted molar refractivity (Wildman–Crippen MR) is 114 cm³/mol. The number of guanidine groups is 1. The third-order valence-electron chi connectivity index (χ3n) is 4.80. The maximum atomic E-state index is 6.19.